The Morgan fingerprint density at radius 2 is 1.84 bits per heavy atom. The number of para-hydroxylation sites is 1. The summed E-state index contributed by atoms with van der Waals surface area (Å²) in [6, 6.07) is 8.54. The highest BCUT2D eigenvalue weighted by Gasteiger charge is 2.30. The van der Waals surface area contributed by atoms with Crippen molar-refractivity contribution >= 4 is 52.5 Å². The second-order valence-corrected chi connectivity index (χ2v) is 9.75. The van der Waals surface area contributed by atoms with Gasteiger partial charge in [-0.1, -0.05) is 11.3 Å². The lowest BCUT2D eigenvalue weighted by Gasteiger charge is -2.23. The van der Waals surface area contributed by atoms with Gasteiger partial charge >= 0.3 is 0 Å². The predicted molar refractivity (Wildman–Crippen MR) is 145 cm³/mol. The second-order valence-electron chi connectivity index (χ2n) is 9.75. The Hall–Kier alpha value is -3.80. The summed E-state index contributed by atoms with van der Waals surface area (Å²) in [5.74, 6) is -0.472. The Kier molecular flexibility index (Phi) is 7.29. The minimum atomic E-state index is -2.00. The number of nitrogens with one attached hydrogen (secondary N) is 3. The largest absolute Gasteiger partial charge is 0.494 e. The number of carbonyl (C=O) groups is 2. The zero-order chi connectivity index (χ0) is 27.8. The number of aliphatic hydroxyl groups is 1. The van der Waals surface area contributed by atoms with Crippen LogP contribution in [0.1, 0.15) is 42.9 Å². The van der Waals surface area contributed by atoms with Crippen LogP contribution in [0, 0.1) is 5.92 Å². The first-order chi connectivity index (χ1) is 17.8. The Morgan fingerprint density at radius 1 is 1.13 bits per heavy atom. The van der Waals surface area contributed by atoms with E-state index in [-0.39, 0.29) is 29.0 Å². The molecule has 6 radical (unpaired) electrons. The van der Waals surface area contributed by atoms with E-state index in [1.807, 2.05) is 6.07 Å². The summed E-state index contributed by atoms with van der Waals surface area (Å²) in [6.07, 6.45) is 1.62. The van der Waals surface area contributed by atoms with Gasteiger partial charge in [-0.25, -0.2) is 0 Å². The second kappa shape index (κ2) is 10.2. The molecule has 11 nitrogen and oxygen atoms in total. The molecule has 2 amide bonds. The number of aromatic nitrogens is 4. The number of carbonyl (C=O) groups excluding carboxylic acids is 2. The molecule has 0 aliphatic heterocycles. The van der Waals surface area contributed by atoms with Crippen LogP contribution in [-0.4, -0.2) is 72.8 Å². The third kappa shape index (κ3) is 6.19. The van der Waals surface area contributed by atoms with Crippen molar-refractivity contribution < 1.29 is 19.4 Å². The first-order valence-corrected chi connectivity index (χ1v) is 11.9. The summed E-state index contributed by atoms with van der Waals surface area (Å²) < 4.78 is 7.31. The van der Waals surface area contributed by atoms with Crippen LogP contribution in [0.3, 0.4) is 0 Å². The van der Waals surface area contributed by atoms with Gasteiger partial charge in [-0.2, -0.15) is 5.10 Å². The van der Waals surface area contributed by atoms with Crippen LogP contribution in [0.15, 0.2) is 30.3 Å². The maximum atomic E-state index is 12.9. The van der Waals surface area contributed by atoms with Crippen molar-refractivity contribution in [2.45, 2.75) is 37.5 Å². The number of hydrogen-bond donors (Lipinski definition) is 4. The number of hydrogen-bond acceptors (Lipinski definition) is 8. The van der Waals surface area contributed by atoms with E-state index in [0.29, 0.717) is 28.4 Å². The van der Waals surface area contributed by atoms with Crippen LogP contribution in [-0.2, 0) is 17.4 Å². The van der Waals surface area contributed by atoms with Gasteiger partial charge in [-0.3, -0.25) is 14.3 Å². The fraction of sp³-hybridized carbons (Fsp3) is 0.375. The van der Waals surface area contributed by atoms with E-state index in [2.05, 4.69) is 31.2 Å². The summed E-state index contributed by atoms with van der Waals surface area (Å²) in [5, 5.41) is 29.0. The minimum absolute atomic E-state index is 0.0625. The van der Waals surface area contributed by atoms with E-state index in [4.69, 9.17) is 28.3 Å². The fourth-order valence-electron chi connectivity index (χ4n) is 3.92. The molecule has 0 bridgehead atoms. The van der Waals surface area contributed by atoms with Gasteiger partial charge in [0.25, 0.3) is 5.91 Å². The van der Waals surface area contributed by atoms with Crippen LogP contribution in [0.5, 0.6) is 5.75 Å². The number of nitrogens with zero attached hydrogens (tertiary/aromatic N) is 4. The van der Waals surface area contributed by atoms with Crippen LogP contribution in [0.4, 0.5) is 17.2 Å². The first-order valence-electron chi connectivity index (χ1n) is 11.9. The van der Waals surface area contributed by atoms with E-state index in [1.165, 1.54) is 13.2 Å². The van der Waals surface area contributed by atoms with E-state index in [1.54, 1.807) is 43.8 Å². The van der Waals surface area contributed by atoms with Crippen molar-refractivity contribution in [1.82, 2.24) is 25.3 Å². The highest BCUT2D eigenvalue weighted by atomic mass is 16.5. The van der Waals surface area contributed by atoms with Gasteiger partial charge in [-0.15, -0.1) is 10.2 Å². The third-order valence-electron chi connectivity index (χ3n) is 5.81. The fourth-order valence-corrected chi connectivity index (χ4v) is 3.92. The highest BCUT2D eigenvalue weighted by molar-refractivity contribution is 6.60. The minimum Gasteiger partial charge on any atom is -0.494 e. The molecule has 1 aliphatic carbocycles. The van der Waals surface area contributed by atoms with Gasteiger partial charge in [0.15, 0.2) is 17.3 Å². The highest BCUT2D eigenvalue weighted by Crippen LogP contribution is 2.39. The Labute approximate surface area is 224 Å². The molecule has 14 heteroatoms. The molecule has 0 spiro atoms. The number of anilines is 3. The monoisotopic (exact) mass is 509 g/mol. The maximum Gasteiger partial charge on any atom is 0.272 e. The lowest BCUT2D eigenvalue weighted by Crippen LogP contribution is -2.50. The van der Waals surface area contributed by atoms with Crippen LogP contribution in [0.25, 0.3) is 11.3 Å². The van der Waals surface area contributed by atoms with Crippen molar-refractivity contribution in [1.29, 1.82) is 0 Å². The first kappa shape index (κ1) is 27.2. The van der Waals surface area contributed by atoms with Crippen molar-refractivity contribution in [2.75, 3.05) is 17.7 Å². The molecule has 2 heterocycles. The van der Waals surface area contributed by atoms with Crippen LogP contribution < -0.4 is 20.7 Å². The van der Waals surface area contributed by atoms with E-state index in [0.717, 1.165) is 12.8 Å². The van der Waals surface area contributed by atoms with Gasteiger partial charge in [0.2, 0.25) is 5.91 Å². The SMILES string of the molecule is [B]C([B])([B])NC(=O)c1nnc(NC(=O)C2CC2)cc1Nc1cccc(-c2cc(C(C)(C)O)n(C)n2)c1OC. The Morgan fingerprint density at radius 3 is 2.42 bits per heavy atom. The Balaban J connectivity index is 1.74. The topological polar surface area (TPSA) is 143 Å². The number of methoxy groups -OCH3 is 1. The molecular weight excluding hydrogens is 483 g/mol. The molecule has 190 valence electrons. The quantitative estimate of drug-likeness (QED) is 0.314. The normalized spacial score (nSPS) is 13.6. The molecule has 3 aromatic rings. The molecule has 0 unspecified atom stereocenters. The summed E-state index contributed by atoms with van der Waals surface area (Å²) >= 11 is 0. The molecule has 4 N–H and O–H groups in total. The summed E-state index contributed by atoms with van der Waals surface area (Å²) in [5.41, 5.74) is 1.16. The molecule has 1 aliphatic rings. The molecule has 2 aromatic heterocycles. The van der Waals surface area contributed by atoms with Gasteiger partial charge < -0.3 is 25.8 Å². The zero-order valence-electron chi connectivity index (χ0n) is 21.6. The number of rotatable bonds is 9. The summed E-state index contributed by atoms with van der Waals surface area (Å²) in [6.45, 7) is 3.34. The standard InChI is InChI=1S/C24H26B3N7O4/c1-23(2,37)17-10-15(33-34(17)3)13-6-5-7-14(20(13)38-4)28-16-11-18(29-21(35)12-8-9-12)31-32-19(16)22(36)30-24(25,26)27/h5-7,10-12,37H,8-9H2,1-4H3,(H,30,36)(H2,28,29,31,35). The number of aryl methyl sites for hydroxylation is 1. The number of ether oxygens (including phenoxy) is 1. The molecule has 1 fully saturated rings. The van der Waals surface area contributed by atoms with Crippen LogP contribution in [0.2, 0.25) is 0 Å². The molecule has 38 heavy (non-hydrogen) atoms. The molecular formula is C24H26B3N7O4. The molecule has 1 saturated carbocycles. The predicted octanol–water partition coefficient (Wildman–Crippen LogP) is 1.05. The number of benzene rings is 1. The number of amides is 2. The van der Waals surface area contributed by atoms with Crippen molar-refractivity contribution in [2.24, 2.45) is 13.0 Å². The van der Waals surface area contributed by atoms with Gasteiger partial charge in [-0.05, 0) is 44.9 Å². The average Bonchev–Trinajstić information content (AvgIpc) is 3.58. The molecule has 4 rings (SSSR count). The average molecular weight is 509 g/mol. The van der Waals surface area contributed by atoms with E-state index >= 15 is 0 Å². The van der Waals surface area contributed by atoms with E-state index in [9.17, 15) is 14.7 Å². The van der Waals surface area contributed by atoms with Crippen molar-refractivity contribution in [3.05, 3.63) is 41.7 Å². The maximum absolute atomic E-state index is 12.9. The molecule has 0 atom stereocenters. The third-order valence-corrected chi connectivity index (χ3v) is 5.81. The smallest absolute Gasteiger partial charge is 0.272 e. The van der Waals surface area contributed by atoms with E-state index < -0.39 is 16.7 Å². The van der Waals surface area contributed by atoms with Crippen molar-refractivity contribution in [3.8, 4) is 17.0 Å². The lowest BCUT2D eigenvalue weighted by atomic mass is 9.49. The summed E-state index contributed by atoms with van der Waals surface area (Å²) in [4.78, 5) is 25.1. The zero-order valence-corrected chi connectivity index (χ0v) is 21.6. The molecule has 1 aromatic carbocycles. The van der Waals surface area contributed by atoms with Gasteiger partial charge in [0.1, 0.15) is 5.60 Å². The van der Waals surface area contributed by atoms with Gasteiger partial charge in [0.05, 0.1) is 53.4 Å². The van der Waals surface area contributed by atoms with Crippen molar-refractivity contribution in [3.63, 3.8) is 0 Å². The van der Waals surface area contributed by atoms with Crippen LogP contribution >= 0.6 is 0 Å². The van der Waals surface area contributed by atoms with Gasteiger partial charge in [0, 0.05) is 24.6 Å². The summed E-state index contributed by atoms with van der Waals surface area (Å²) in [7, 11) is 19.8. The molecule has 0 saturated heterocycles. The Bertz CT molecular complexity index is 1380. The lowest BCUT2D eigenvalue weighted by molar-refractivity contribution is -0.117.